The number of nitrogens with zero attached hydrogens (tertiary/aromatic N) is 4. The summed E-state index contributed by atoms with van der Waals surface area (Å²) in [7, 11) is -2.81. The minimum atomic E-state index is -2.81. The van der Waals surface area contributed by atoms with Gasteiger partial charge in [-0.1, -0.05) is 11.2 Å². The first-order valence-electron chi connectivity index (χ1n) is 8.12. The molecule has 0 bridgehead atoms. The molecule has 2 aromatic heterocycles. The van der Waals surface area contributed by atoms with Gasteiger partial charge in [-0.15, -0.1) is 11.3 Å². The Morgan fingerprint density at radius 3 is 2.79 bits per heavy atom. The molecule has 2 fully saturated rings. The Bertz CT molecular complexity index is 780. The Hall–Kier alpha value is -1.29. The predicted molar refractivity (Wildman–Crippen MR) is 91.5 cm³/mol. The molecule has 0 aromatic carbocycles. The molecule has 0 unspecified atom stereocenters. The summed E-state index contributed by atoms with van der Waals surface area (Å²) in [5.41, 5.74) is 0. The van der Waals surface area contributed by atoms with Gasteiger partial charge in [-0.3, -0.25) is 9.80 Å². The third-order valence-electron chi connectivity index (χ3n) is 4.70. The minimum Gasteiger partial charge on any atom is -0.338 e. The third-order valence-corrected chi connectivity index (χ3v) is 7.32. The van der Waals surface area contributed by atoms with Crippen molar-refractivity contribution in [2.45, 2.75) is 19.0 Å². The largest absolute Gasteiger partial charge is 0.338 e. The average molecular weight is 368 g/mol. The second-order valence-corrected chi connectivity index (χ2v) is 9.53. The zero-order valence-electron chi connectivity index (χ0n) is 13.3. The Morgan fingerprint density at radius 1 is 1.29 bits per heavy atom. The average Bonchev–Trinajstić information content (AvgIpc) is 3.28. The number of rotatable bonds is 4. The SMILES string of the molecule is O=S1(=O)CC[C@H](N2CCN(Cc3nc(-c4cccs4)no3)CC2)C1. The van der Waals surface area contributed by atoms with Crippen LogP contribution in [-0.4, -0.2) is 72.1 Å². The van der Waals surface area contributed by atoms with Crippen LogP contribution in [-0.2, 0) is 16.4 Å². The molecule has 0 saturated carbocycles. The number of thiophene rings is 1. The fourth-order valence-electron chi connectivity index (χ4n) is 3.37. The van der Waals surface area contributed by atoms with Crippen LogP contribution in [0.25, 0.3) is 10.7 Å². The summed E-state index contributed by atoms with van der Waals surface area (Å²) >= 11 is 1.60. The zero-order valence-corrected chi connectivity index (χ0v) is 14.9. The summed E-state index contributed by atoms with van der Waals surface area (Å²) in [5.74, 6) is 1.94. The Labute approximate surface area is 145 Å². The van der Waals surface area contributed by atoms with Crippen molar-refractivity contribution in [2.75, 3.05) is 37.7 Å². The van der Waals surface area contributed by atoms with Crippen molar-refractivity contribution < 1.29 is 12.9 Å². The van der Waals surface area contributed by atoms with Gasteiger partial charge in [0.2, 0.25) is 11.7 Å². The van der Waals surface area contributed by atoms with Crippen molar-refractivity contribution >= 4 is 21.2 Å². The molecule has 4 rings (SSSR count). The molecule has 2 aliphatic heterocycles. The molecule has 2 saturated heterocycles. The first kappa shape index (κ1) is 16.2. The lowest BCUT2D eigenvalue weighted by Crippen LogP contribution is -2.50. The van der Waals surface area contributed by atoms with Crippen molar-refractivity contribution in [3.63, 3.8) is 0 Å². The van der Waals surface area contributed by atoms with Gasteiger partial charge in [0, 0.05) is 32.2 Å². The van der Waals surface area contributed by atoms with E-state index in [4.69, 9.17) is 4.52 Å². The van der Waals surface area contributed by atoms with Crippen LogP contribution in [0.5, 0.6) is 0 Å². The van der Waals surface area contributed by atoms with E-state index in [1.54, 1.807) is 11.3 Å². The monoisotopic (exact) mass is 368 g/mol. The van der Waals surface area contributed by atoms with Crippen LogP contribution in [0.1, 0.15) is 12.3 Å². The predicted octanol–water partition coefficient (Wildman–Crippen LogP) is 1.10. The molecule has 0 N–H and O–H groups in total. The van der Waals surface area contributed by atoms with E-state index in [-0.39, 0.29) is 6.04 Å². The number of piperazine rings is 1. The van der Waals surface area contributed by atoms with Crippen molar-refractivity contribution in [2.24, 2.45) is 0 Å². The van der Waals surface area contributed by atoms with E-state index in [1.165, 1.54) is 0 Å². The van der Waals surface area contributed by atoms with Crippen LogP contribution in [0.3, 0.4) is 0 Å². The Morgan fingerprint density at radius 2 is 2.12 bits per heavy atom. The fraction of sp³-hybridized carbons (Fsp3) is 0.600. The van der Waals surface area contributed by atoms with Gasteiger partial charge in [-0.05, 0) is 17.9 Å². The topological polar surface area (TPSA) is 79.5 Å². The van der Waals surface area contributed by atoms with Crippen LogP contribution in [0, 0.1) is 0 Å². The molecule has 0 spiro atoms. The Balaban J connectivity index is 1.31. The summed E-state index contributed by atoms with van der Waals surface area (Å²) in [6, 6.07) is 4.15. The maximum Gasteiger partial charge on any atom is 0.241 e. The van der Waals surface area contributed by atoms with Gasteiger partial charge in [0.25, 0.3) is 0 Å². The van der Waals surface area contributed by atoms with E-state index >= 15 is 0 Å². The van der Waals surface area contributed by atoms with Crippen molar-refractivity contribution in [3.05, 3.63) is 23.4 Å². The highest BCUT2D eigenvalue weighted by Gasteiger charge is 2.33. The summed E-state index contributed by atoms with van der Waals surface area (Å²) < 4.78 is 28.6. The van der Waals surface area contributed by atoms with E-state index in [0.29, 0.717) is 29.8 Å². The Kier molecular flexibility index (Phi) is 4.42. The molecule has 2 aromatic rings. The van der Waals surface area contributed by atoms with Crippen molar-refractivity contribution in [1.29, 1.82) is 0 Å². The summed E-state index contributed by atoms with van der Waals surface area (Å²) in [4.78, 5) is 10.1. The second-order valence-electron chi connectivity index (χ2n) is 6.36. The molecule has 0 aliphatic carbocycles. The highest BCUT2D eigenvalue weighted by molar-refractivity contribution is 7.91. The molecule has 4 heterocycles. The lowest BCUT2D eigenvalue weighted by atomic mass is 10.2. The molecule has 7 nitrogen and oxygen atoms in total. The lowest BCUT2D eigenvalue weighted by Gasteiger charge is -2.37. The molecule has 9 heteroatoms. The molecule has 0 amide bonds. The van der Waals surface area contributed by atoms with Crippen molar-refractivity contribution in [3.8, 4) is 10.7 Å². The molecule has 2 aliphatic rings. The van der Waals surface area contributed by atoms with Gasteiger partial charge in [0.05, 0.1) is 22.9 Å². The van der Waals surface area contributed by atoms with Gasteiger partial charge in [0.15, 0.2) is 9.84 Å². The second kappa shape index (κ2) is 6.55. The maximum atomic E-state index is 11.6. The van der Waals surface area contributed by atoms with E-state index < -0.39 is 9.84 Å². The van der Waals surface area contributed by atoms with E-state index in [0.717, 1.165) is 37.5 Å². The molecular formula is C15H20N4O3S2. The van der Waals surface area contributed by atoms with E-state index in [1.807, 2.05) is 17.5 Å². The third kappa shape index (κ3) is 3.53. The van der Waals surface area contributed by atoms with Crippen molar-refractivity contribution in [1.82, 2.24) is 19.9 Å². The molecule has 130 valence electrons. The summed E-state index contributed by atoms with van der Waals surface area (Å²) in [6.07, 6.45) is 0.774. The van der Waals surface area contributed by atoms with Gasteiger partial charge in [-0.2, -0.15) is 4.98 Å². The molecule has 0 radical (unpaired) electrons. The highest BCUT2D eigenvalue weighted by Crippen LogP contribution is 2.22. The number of sulfone groups is 1. The quantitative estimate of drug-likeness (QED) is 0.799. The highest BCUT2D eigenvalue weighted by atomic mass is 32.2. The van der Waals surface area contributed by atoms with Gasteiger partial charge in [0.1, 0.15) is 0 Å². The van der Waals surface area contributed by atoms with Crippen LogP contribution >= 0.6 is 11.3 Å². The number of hydrogen-bond acceptors (Lipinski definition) is 8. The van der Waals surface area contributed by atoms with Gasteiger partial charge >= 0.3 is 0 Å². The first-order chi connectivity index (χ1) is 11.6. The first-order valence-corrected chi connectivity index (χ1v) is 10.8. The normalized spacial score (nSPS) is 25.2. The molecule has 1 atom stereocenters. The number of hydrogen-bond donors (Lipinski definition) is 0. The summed E-state index contributed by atoms with van der Waals surface area (Å²) in [6.45, 7) is 4.23. The van der Waals surface area contributed by atoms with Crippen LogP contribution < -0.4 is 0 Å². The lowest BCUT2D eigenvalue weighted by molar-refractivity contribution is 0.0926. The van der Waals surface area contributed by atoms with Gasteiger partial charge < -0.3 is 4.52 Å². The molecule has 24 heavy (non-hydrogen) atoms. The van der Waals surface area contributed by atoms with Gasteiger partial charge in [-0.25, -0.2) is 8.42 Å². The van der Waals surface area contributed by atoms with Crippen LogP contribution in [0.2, 0.25) is 0 Å². The van der Waals surface area contributed by atoms with Crippen LogP contribution in [0.15, 0.2) is 22.0 Å². The fourth-order valence-corrected chi connectivity index (χ4v) is 5.78. The molecular weight excluding hydrogens is 348 g/mol. The smallest absolute Gasteiger partial charge is 0.241 e. The standard InChI is InChI=1S/C15H20N4O3S2/c20-24(21)9-3-12(11-24)19-6-4-18(5-7-19)10-14-16-15(17-22-14)13-2-1-8-23-13/h1-2,8,12H,3-7,9-11H2/t12-/m0/s1. The number of aromatic nitrogens is 2. The van der Waals surface area contributed by atoms with Crippen LogP contribution in [0.4, 0.5) is 0 Å². The maximum absolute atomic E-state index is 11.6. The minimum absolute atomic E-state index is 0.200. The van der Waals surface area contributed by atoms with E-state index in [9.17, 15) is 8.42 Å². The van der Waals surface area contributed by atoms with E-state index in [2.05, 4.69) is 19.9 Å². The summed E-state index contributed by atoms with van der Waals surface area (Å²) in [5, 5.41) is 6.03. The zero-order chi connectivity index (χ0) is 16.6.